The third kappa shape index (κ3) is 9.97. The van der Waals surface area contributed by atoms with Gasteiger partial charge in [0.15, 0.2) is 5.12 Å². The van der Waals surface area contributed by atoms with Gasteiger partial charge in [-0.15, -0.1) is 0 Å². The summed E-state index contributed by atoms with van der Waals surface area (Å²) in [6.07, 6.45) is 13.5. The first-order chi connectivity index (χ1) is 15.9. The summed E-state index contributed by atoms with van der Waals surface area (Å²) in [4.78, 5) is 25.9. The predicted octanol–water partition coefficient (Wildman–Crippen LogP) is 8.91. The summed E-state index contributed by atoms with van der Waals surface area (Å²) in [7, 11) is -1.34. The number of benzene rings is 2. The minimum atomic E-state index is -1.34. The second kappa shape index (κ2) is 15.0. The van der Waals surface area contributed by atoms with E-state index in [1.54, 1.807) is 6.92 Å². The summed E-state index contributed by atoms with van der Waals surface area (Å²) in [5.41, 5.74) is 2.17. The normalized spacial score (nSPS) is 12.0. The zero-order chi connectivity index (χ0) is 24.1. The molecule has 0 saturated heterocycles. The van der Waals surface area contributed by atoms with E-state index in [2.05, 4.69) is 32.9 Å². The Hall–Kier alpha value is -1.09. The molecule has 0 saturated carbocycles. The van der Waals surface area contributed by atoms with Crippen molar-refractivity contribution in [3.05, 3.63) is 59.7 Å². The molecule has 0 aromatic heterocycles. The van der Waals surface area contributed by atoms with Crippen molar-refractivity contribution in [2.45, 2.75) is 82.2 Å². The van der Waals surface area contributed by atoms with E-state index in [0.717, 1.165) is 15.4 Å². The molecule has 0 atom stereocenters. The van der Waals surface area contributed by atoms with Crippen LogP contribution in [0.25, 0.3) is 0 Å². The molecule has 0 aliphatic rings. The standard InChI is InChI=1S/C28H41O2PS2/c1-5-8-19-31(20-9-6-2,21-10-7-3)22-24-11-13-25(14-12-24)28(30)33-27-17-15-26(16-18-27)32-23(4)29/h11-18,31H,5-10,19-22H2,1-4H3. The van der Waals surface area contributed by atoms with E-state index in [9.17, 15) is 9.59 Å². The third-order valence-corrected chi connectivity index (χ3v) is 13.4. The van der Waals surface area contributed by atoms with Crippen LogP contribution in [-0.4, -0.2) is 28.7 Å². The molecule has 2 aromatic carbocycles. The quantitative estimate of drug-likeness (QED) is 0.190. The number of hydrogen-bond acceptors (Lipinski definition) is 4. The van der Waals surface area contributed by atoms with Crippen molar-refractivity contribution in [3.8, 4) is 0 Å². The second-order valence-corrected chi connectivity index (χ2v) is 16.3. The van der Waals surface area contributed by atoms with Crippen molar-refractivity contribution < 1.29 is 9.59 Å². The van der Waals surface area contributed by atoms with Crippen LogP contribution in [0.3, 0.4) is 0 Å². The van der Waals surface area contributed by atoms with Gasteiger partial charge in [0.25, 0.3) is 0 Å². The number of hydrogen-bond donors (Lipinski definition) is 0. The van der Waals surface area contributed by atoms with Gasteiger partial charge >= 0.3 is 194 Å². The fourth-order valence-corrected chi connectivity index (χ4v) is 11.4. The number of carbonyl (C=O) groups excluding carboxylic acids is 2. The molecule has 33 heavy (non-hydrogen) atoms. The Bertz CT molecular complexity index is 841. The zero-order valence-electron chi connectivity index (χ0n) is 20.8. The Kier molecular flexibility index (Phi) is 12.8. The fourth-order valence-electron chi connectivity index (χ4n) is 4.39. The molecule has 0 fully saturated rings. The summed E-state index contributed by atoms with van der Waals surface area (Å²) < 4.78 is 0. The number of thioether (sulfide) groups is 2. The van der Waals surface area contributed by atoms with Gasteiger partial charge in [-0.1, -0.05) is 0 Å². The molecule has 0 unspecified atom stereocenters. The molecule has 0 spiro atoms. The Balaban J connectivity index is 2.07. The van der Waals surface area contributed by atoms with Crippen LogP contribution in [-0.2, 0) is 11.0 Å². The maximum absolute atomic E-state index is 12.8. The first-order valence-electron chi connectivity index (χ1n) is 12.5. The summed E-state index contributed by atoms with van der Waals surface area (Å²) in [6, 6.07) is 16.1. The van der Waals surface area contributed by atoms with Crippen LogP contribution in [0.15, 0.2) is 58.3 Å². The van der Waals surface area contributed by atoms with Crippen molar-refractivity contribution >= 4 is 41.0 Å². The van der Waals surface area contributed by atoms with E-state index in [4.69, 9.17) is 0 Å². The number of rotatable bonds is 14. The van der Waals surface area contributed by atoms with Gasteiger partial charge in [0.2, 0.25) is 0 Å². The summed E-state index contributed by atoms with van der Waals surface area (Å²) in [5.74, 6) is 0. The Morgan fingerprint density at radius 2 is 1.15 bits per heavy atom. The second-order valence-electron chi connectivity index (χ2n) is 9.14. The molecule has 182 valence electrons. The van der Waals surface area contributed by atoms with Crippen molar-refractivity contribution in [2.75, 3.05) is 18.5 Å². The molecule has 2 nitrogen and oxygen atoms in total. The molecule has 5 heteroatoms. The third-order valence-electron chi connectivity index (χ3n) is 6.25. The van der Waals surface area contributed by atoms with Crippen LogP contribution in [0, 0.1) is 0 Å². The average Bonchev–Trinajstić information content (AvgIpc) is 2.81. The first kappa shape index (κ1) is 28.1. The van der Waals surface area contributed by atoms with Gasteiger partial charge in [0, 0.05) is 6.92 Å². The topological polar surface area (TPSA) is 34.1 Å². The Morgan fingerprint density at radius 3 is 1.58 bits per heavy atom. The Labute approximate surface area is 210 Å². The molecule has 0 radical (unpaired) electrons. The van der Waals surface area contributed by atoms with E-state index in [1.807, 2.05) is 36.4 Å². The van der Waals surface area contributed by atoms with Gasteiger partial charge in [-0.25, -0.2) is 0 Å². The average molecular weight is 505 g/mol. The Morgan fingerprint density at radius 1 is 0.697 bits per heavy atom. The maximum atomic E-state index is 12.8. The molecular formula is C28H41O2PS2. The van der Waals surface area contributed by atoms with Gasteiger partial charge in [-0.05, 0) is 0 Å². The van der Waals surface area contributed by atoms with Gasteiger partial charge in [0.05, 0.1) is 0 Å². The van der Waals surface area contributed by atoms with Crippen LogP contribution in [0.2, 0.25) is 0 Å². The molecule has 2 aromatic rings. The molecule has 0 aliphatic carbocycles. The molecule has 0 heterocycles. The van der Waals surface area contributed by atoms with E-state index >= 15 is 0 Å². The van der Waals surface area contributed by atoms with Crippen molar-refractivity contribution in [1.82, 2.24) is 0 Å². The van der Waals surface area contributed by atoms with E-state index in [-0.39, 0.29) is 10.2 Å². The van der Waals surface area contributed by atoms with E-state index < -0.39 is 7.26 Å². The number of unbranched alkanes of at least 4 members (excludes halogenated alkanes) is 3. The van der Waals surface area contributed by atoms with Crippen molar-refractivity contribution in [1.29, 1.82) is 0 Å². The SMILES string of the molecule is CCCC[PH](CCCC)(CCCC)Cc1ccc(C(=O)Sc2ccc(SC(C)=O)cc2)cc1. The molecule has 0 aliphatic heterocycles. The predicted molar refractivity (Wildman–Crippen MR) is 151 cm³/mol. The van der Waals surface area contributed by atoms with Crippen LogP contribution in [0.1, 0.15) is 82.1 Å². The summed E-state index contributed by atoms with van der Waals surface area (Å²) >= 11 is 2.47. The van der Waals surface area contributed by atoms with Crippen LogP contribution >= 0.6 is 30.8 Å². The molecule has 0 bridgehead atoms. The van der Waals surface area contributed by atoms with Gasteiger partial charge in [0.1, 0.15) is 0 Å². The zero-order valence-corrected chi connectivity index (χ0v) is 23.5. The molecule has 0 N–H and O–H groups in total. The van der Waals surface area contributed by atoms with Crippen LogP contribution in [0.5, 0.6) is 0 Å². The van der Waals surface area contributed by atoms with E-state index in [0.29, 0.717) is 0 Å². The van der Waals surface area contributed by atoms with Gasteiger partial charge in [-0.2, -0.15) is 0 Å². The molecular weight excluding hydrogens is 463 g/mol. The monoisotopic (exact) mass is 504 g/mol. The number of carbonyl (C=O) groups is 2. The van der Waals surface area contributed by atoms with Crippen LogP contribution < -0.4 is 0 Å². The fraction of sp³-hybridized carbons (Fsp3) is 0.500. The molecule has 2 rings (SSSR count). The van der Waals surface area contributed by atoms with Gasteiger partial charge in [-0.3, -0.25) is 4.79 Å². The first-order valence-corrected chi connectivity index (χ1v) is 17.0. The van der Waals surface area contributed by atoms with Crippen molar-refractivity contribution in [3.63, 3.8) is 0 Å². The minimum absolute atomic E-state index is 0.0673. The summed E-state index contributed by atoms with van der Waals surface area (Å²) in [5, 5.41) is 0.137. The van der Waals surface area contributed by atoms with Gasteiger partial charge < -0.3 is 0 Å². The summed E-state index contributed by atoms with van der Waals surface area (Å²) in [6.45, 7) is 8.50. The molecule has 0 amide bonds. The van der Waals surface area contributed by atoms with Crippen LogP contribution in [0.4, 0.5) is 0 Å². The van der Waals surface area contributed by atoms with Crippen molar-refractivity contribution in [2.24, 2.45) is 0 Å². The van der Waals surface area contributed by atoms with E-state index in [1.165, 1.54) is 92.3 Å².